The average Bonchev–Trinajstić information content (AvgIpc) is 2.50. The number of carbonyl (C=O) groups excluding carboxylic acids is 2. The van der Waals surface area contributed by atoms with Gasteiger partial charge < -0.3 is 16.4 Å². The highest BCUT2D eigenvalue weighted by molar-refractivity contribution is 5.87. The SMILES string of the molecule is NCC(=O)NCC(=O)NCc1cccc2ccccc12. The van der Waals surface area contributed by atoms with Crippen LogP contribution >= 0.6 is 0 Å². The summed E-state index contributed by atoms with van der Waals surface area (Å²) in [5.74, 6) is -0.579. The van der Waals surface area contributed by atoms with Crippen molar-refractivity contribution in [2.75, 3.05) is 13.1 Å². The van der Waals surface area contributed by atoms with E-state index in [0.29, 0.717) is 6.54 Å². The van der Waals surface area contributed by atoms with Crippen molar-refractivity contribution in [1.29, 1.82) is 0 Å². The Morgan fingerprint density at radius 2 is 1.70 bits per heavy atom. The molecule has 0 aliphatic carbocycles. The Morgan fingerprint density at radius 3 is 2.50 bits per heavy atom. The summed E-state index contributed by atoms with van der Waals surface area (Å²) in [6, 6.07) is 14.0. The second-order valence-corrected chi connectivity index (χ2v) is 4.40. The van der Waals surface area contributed by atoms with E-state index in [0.717, 1.165) is 16.3 Å². The van der Waals surface area contributed by atoms with Gasteiger partial charge in [0.05, 0.1) is 13.1 Å². The summed E-state index contributed by atoms with van der Waals surface area (Å²) in [4.78, 5) is 22.6. The van der Waals surface area contributed by atoms with Crippen molar-refractivity contribution in [3.63, 3.8) is 0 Å². The third-order valence-electron chi connectivity index (χ3n) is 2.99. The van der Waals surface area contributed by atoms with Crippen molar-refractivity contribution in [1.82, 2.24) is 10.6 Å². The van der Waals surface area contributed by atoms with Gasteiger partial charge in [-0.2, -0.15) is 0 Å². The molecule has 2 amide bonds. The maximum atomic E-state index is 11.6. The van der Waals surface area contributed by atoms with Crippen LogP contribution in [0.25, 0.3) is 10.8 Å². The normalized spacial score (nSPS) is 10.2. The fourth-order valence-electron chi connectivity index (χ4n) is 1.95. The van der Waals surface area contributed by atoms with Crippen LogP contribution in [0.1, 0.15) is 5.56 Å². The van der Waals surface area contributed by atoms with Crippen LogP contribution in [0, 0.1) is 0 Å². The summed E-state index contributed by atoms with van der Waals surface area (Å²) in [5.41, 5.74) is 6.18. The van der Waals surface area contributed by atoms with Gasteiger partial charge in [-0.05, 0) is 16.3 Å². The van der Waals surface area contributed by atoms with E-state index in [1.54, 1.807) is 0 Å². The van der Waals surface area contributed by atoms with Crippen molar-refractivity contribution in [2.45, 2.75) is 6.54 Å². The summed E-state index contributed by atoms with van der Waals surface area (Å²) in [7, 11) is 0. The Labute approximate surface area is 117 Å². The minimum atomic E-state index is -0.342. The van der Waals surface area contributed by atoms with Crippen molar-refractivity contribution in [2.24, 2.45) is 5.73 Å². The molecule has 0 saturated carbocycles. The Kier molecular flexibility index (Phi) is 4.68. The molecule has 0 aliphatic heterocycles. The molecule has 0 radical (unpaired) electrons. The Hall–Kier alpha value is -2.40. The molecule has 0 bridgehead atoms. The van der Waals surface area contributed by atoms with Gasteiger partial charge in [-0.15, -0.1) is 0 Å². The lowest BCUT2D eigenvalue weighted by atomic mass is 10.0. The van der Waals surface area contributed by atoms with Crippen LogP contribution in [0.5, 0.6) is 0 Å². The molecule has 2 aromatic rings. The van der Waals surface area contributed by atoms with Crippen LogP contribution in [-0.4, -0.2) is 24.9 Å². The fraction of sp³-hybridized carbons (Fsp3) is 0.200. The molecule has 0 saturated heterocycles. The lowest BCUT2D eigenvalue weighted by molar-refractivity contribution is -0.125. The molecule has 2 aromatic carbocycles. The van der Waals surface area contributed by atoms with Gasteiger partial charge in [-0.25, -0.2) is 0 Å². The molecule has 5 heteroatoms. The largest absolute Gasteiger partial charge is 0.350 e. The lowest BCUT2D eigenvalue weighted by Crippen LogP contribution is -2.39. The van der Waals surface area contributed by atoms with Gasteiger partial charge in [0, 0.05) is 6.54 Å². The van der Waals surface area contributed by atoms with Crippen molar-refractivity contribution in [3.8, 4) is 0 Å². The van der Waals surface area contributed by atoms with Crippen LogP contribution in [0.3, 0.4) is 0 Å². The number of fused-ring (bicyclic) bond motifs is 1. The zero-order valence-corrected chi connectivity index (χ0v) is 11.1. The molecule has 20 heavy (non-hydrogen) atoms. The first kappa shape index (κ1) is 14.0. The number of benzene rings is 2. The first-order valence-corrected chi connectivity index (χ1v) is 6.41. The Bertz CT molecular complexity index is 620. The van der Waals surface area contributed by atoms with Gasteiger partial charge in [0.25, 0.3) is 0 Å². The first-order chi connectivity index (χ1) is 9.70. The van der Waals surface area contributed by atoms with Crippen molar-refractivity contribution < 1.29 is 9.59 Å². The minimum Gasteiger partial charge on any atom is -0.350 e. The topological polar surface area (TPSA) is 84.2 Å². The highest BCUT2D eigenvalue weighted by Gasteiger charge is 2.05. The predicted molar refractivity (Wildman–Crippen MR) is 77.9 cm³/mol. The van der Waals surface area contributed by atoms with E-state index in [1.807, 2.05) is 42.5 Å². The molecule has 104 valence electrons. The molecule has 0 unspecified atom stereocenters. The molecule has 0 fully saturated rings. The third kappa shape index (κ3) is 3.55. The zero-order chi connectivity index (χ0) is 14.4. The number of nitrogens with one attached hydrogen (secondary N) is 2. The molecule has 0 heterocycles. The smallest absolute Gasteiger partial charge is 0.239 e. The number of hydrogen-bond acceptors (Lipinski definition) is 3. The number of carbonyl (C=O) groups is 2. The van der Waals surface area contributed by atoms with Crippen LogP contribution in [0.2, 0.25) is 0 Å². The van der Waals surface area contributed by atoms with E-state index >= 15 is 0 Å². The monoisotopic (exact) mass is 271 g/mol. The van der Waals surface area contributed by atoms with E-state index in [1.165, 1.54) is 0 Å². The molecule has 0 aliphatic rings. The standard InChI is InChI=1S/C15H17N3O2/c16-8-14(19)18-10-15(20)17-9-12-6-3-5-11-4-1-2-7-13(11)12/h1-7H,8-10,16H2,(H,17,20)(H,18,19). The van der Waals surface area contributed by atoms with Gasteiger partial charge in [0.1, 0.15) is 0 Å². The summed E-state index contributed by atoms with van der Waals surface area (Å²) >= 11 is 0. The highest BCUT2D eigenvalue weighted by Crippen LogP contribution is 2.17. The van der Waals surface area contributed by atoms with E-state index < -0.39 is 0 Å². The second kappa shape index (κ2) is 6.68. The van der Waals surface area contributed by atoms with Gasteiger partial charge in [-0.1, -0.05) is 42.5 Å². The van der Waals surface area contributed by atoms with Gasteiger partial charge >= 0.3 is 0 Å². The summed E-state index contributed by atoms with van der Waals surface area (Å²) in [6.07, 6.45) is 0. The van der Waals surface area contributed by atoms with E-state index in [-0.39, 0.29) is 24.9 Å². The minimum absolute atomic E-state index is 0.0548. The molecule has 0 spiro atoms. The van der Waals surface area contributed by atoms with Gasteiger partial charge in [-0.3, -0.25) is 9.59 Å². The fourth-order valence-corrected chi connectivity index (χ4v) is 1.95. The average molecular weight is 271 g/mol. The maximum absolute atomic E-state index is 11.6. The van der Waals surface area contributed by atoms with Gasteiger partial charge in [0.2, 0.25) is 11.8 Å². The Balaban J connectivity index is 1.96. The summed E-state index contributed by atoms with van der Waals surface area (Å²) < 4.78 is 0. The number of nitrogens with two attached hydrogens (primary N) is 1. The van der Waals surface area contributed by atoms with Crippen molar-refractivity contribution in [3.05, 3.63) is 48.0 Å². The number of hydrogen-bond donors (Lipinski definition) is 3. The lowest BCUT2D eigenvalue weighted by Gasteiger charge is -2.09. The molecular formula is C15H17N3O2. The van der Waals surface area contributed by atoms with E-state index in [2.05, 4.69) is 10.6 Å². The molecule has 2 rings (SSSR count). The number of rotatable bonds is 5. The Morgan fingerprint density at radius 1 is 0.950 bits per heavy atom. The van der Waals surface area contributed by atoms with Crippen molar-refractivity contribution >= 4 is 22.6 Å². The zero-order valence-electron chi connectivity index (χ0n) is 11.1. The quantitative estimate of drug-likeness (QED) is 0.741. The summed E-state index contributed by atoms with van der Waals surface area (Å²) in [5, 5.41) is 7.45. The molecule has 0 aromatic heterocycles. The highest BCUT2D eigenvalue weighted by atomic mass is 16.2. The van der Waals surface area contributed by atoms with Crippen LogP contribution in [0.15, 0.2) is 42.5 Å². The molecule has 5 nitrogen and oxygen atoms in total. The van der Waals surface area contributed by atoms with E-state index in [4.69, 9.17) is 5.73 Å². The summed E-state index contributed by atoms with van der Waals surface area (Å²) in [6.45, 7) is 0.260. The van der Waals surface area contributed by atoms with Crippen LogP contribution < -0.4 is 16.4 Å². The maximum Gasteiger partial charge on any atom is 0.239 e. The van der Waals surface area contributed by atoms with E-state index in [9.17, 15) is 9.59 Å². The van der Waals surface area contributed by atoms with Crippen LogP contribution in [-0.2, 0) is 16.1 Å². The number of amides is 2. The molecular weight excluding hydrogens is 254 g/mol. The third-order valence-corrected chi connectivity index (χ3v) is 2.99. The second-order valence-electron chi connectivity index (χ2n) is 4.40. The predicted octanol–water partition coefficient (Wildman–Crippen LogP) is 0.531. The van der Waals surface area contributed by atoms with Gasteiger partial charge in [0.15, 0.2) is 0 Å². The first-order valence-electron chi connectivity index (χ1n) is 6.41. The molecule has 4 N–H and O–H groups in total. The molecule has 0 atom stereocenters. The van der Waals surface area contributed by atoms with Crippen LogP contribution in [0.4, 0.5) is 0 Å².